The Labute approximate surface area is 311 Å². The molecule has 4 heterocycles. The van der Waals surface area contributed by atoms with E-state index < -0.39 is 109 Å². The van der Waals surface area contributed by atoms with Gasteiger partial charge in [0, 0.05) is 39.2 Å². The molecule has 0 radical (unpaired) electrons. The topological polar surface area (TPSA) is 209 Å². The van der Waals surface area contributed by atoms with Gasteiger partial charge in [-0.05, 0) is 66.3 Å². The van der Waals surface area contributed by atoms with Crippen LogP contribution >= 0.6 is 0 Å². The number of ketones is 1. The van der Waals surface area contributed by atoms with Gasteiger partial charge in [-0.15, -0.1) is 0 Å². The average Bonchev–Trinajstić information content (AvgIpc) is 3.80. The molecule has 0 unspecified atom stereocenters. The Morgan fingerprint density at radius 1 is 1.02 bits per heavy atom. The number of aliphatic hydroxyl groups is 3. The molecular formula is C37H59NO15. The number of esters is 2. The van der Waals surface area contributed by atoms with Gasteiger partial charge in [-0.25, -0.2) is 0 Å². The van der Waals surface area contributed by atoms with Gasteiger partial charge in [0.15, 0.2) is 18.4 Å². The van der Waals surface area contributed by atoms with E-state index in [0.717, 1.165) is 0 Å². The molecule has 4 aliphatic heterocycles. The second-order valence-corrected chi connectivity index (χ2v) is 15.4. The first-order chi connectivity index (χ1) is 24.9. The van der Waals surface area contributed by atoms with Crippen molar-refractivity contribution in [2.75, 3.05) is 21.2 Å². The average molecular weight is 758 g/mol. The van der Waals surface area contributed by atoms with E-state index >= 15 is 0 Å². The van der Waals surface area contributed by atoms with Crippen molar-refractivity contribution in [1.29, 1.82) is 0 Å². The largest absolute Gasteiger partial charge is 0.462 e. The van der Waals surface area contributed by atoms with Crippen molar-refractivity contribution in [1.82, 2.24) is 4.90 Å². The van der Waals surface area contributed by atoms with E-state index in [1.807, 2.05) is 0 Å². The molecule has 4 rings (SSSR count). The quantitative estimate of drug-likeness (QED) is 0.169. The summed E-state index contributed by atoms with van der Waals surface area (Å²) in [4.78, 5) is 52.9. The van der Waals surface area contributed by atoms with Crippen LogP contribution < -0.4 is 0 Å². The van der Waals surface area contributed by atoms with Crippen molar-refractivity contribution < 1.29 is 72.4 Å². The smallest absolute Gasteiger partial charge is 0.309 e. The molecule has 16 nitrogen and oxygen atoms in total. The van der Waals surface area contributed by atoms with Gasteiger partial charge in [0.1, 0.15) is 49.0 Å². The van der Waals surface area contributed by atoms with Crippen LogP contribution in [-0.2, 0) is 57.1 Å². The molecule has 0 aromatic rings. The van der Waals surface area contributed by atoms with Gasteiger partial charge in [0.2, 0.25) is 0 Å². The van der Waals surface area contributed by atoms with E-state index in [1.165, 1.54) is 27.0 Å². The van der Waals surface area contributed by atoms with E-state index in [-0.39, 0.29) is 37.3 Å². The van der Waals surface area contributed by atoms with Crippen LogP contribution in [0.5, 0.6) is 0 Å². The molecule has 0 aromatic heterocycles. The lowest BCUT2D eigenvalue weighted by molar-refractivity contribution is -0.344. The molecule has 3 N–H and O–H groups in total. The van der Waals surface area contributed by atoms with Crippen molar-refractivity contribution in [2.45, 2.75) is 165 Å². The maximum atomic E-state index is 13.3. The van der Waals surface area contributed by atoms with Gasteiger partial charge >= 0.3 is 11.9 Å². The van der Waals surface area contributed by atoms with Crippen LogP contribution in [0.4, 0.5) is 0 Å². The highest BCUT2D eigenvalue weighted by molar-refractivity contribution is 5.91. The highest BCUT2D eigenvalue weighted by Gasteiger charge is 2.52. The van der Waals surface area contributed by atoms with Gasteiger partial charge in [-0.3, -0.25) is 14.4 Å². The molecule has 16 heteroatoms. The summed E-state index contributed by atoms with van der Waals surface area (Å²) in [5.74, 6) is -2.92. The Kier molecular flexibility index (Phi) is 15.1. The van der Waals surface area contributed by atoms with Crippen LogP contribution in [0.25, 0.3) is 0 Å². The van der Waals surface area contributed by atoms with Crippen molar-refractivity contribution >= 4 is 24.0 Å². The number of nitrogens with zero attached hydrogens (tertiary/aromatic N) is 1. The summed E-state index contributed by atoms with van der Waals surface area (Å²) in [6.45, 7) is 9.47. The van der Waals surface area contributed by atoms with E-state index in [2.05, 4.69) is 0 Å². The van der Waals surface area contributed by atoms with Crippen LogP contribution in [0.2, 0.25) is 0 Å². The molecule has 0 amide bonds. The third-order valence-corrected chi connectivity index (χ3v) is 10.6. The SMILES string of the molecule is CO[C@H]1[C@@H](O[C@@H]2O[C@H](C)[C@@H](O[C@@H]3C[C@](C)(O)[C@@H](O)[C@H](C)O3)[C@@H](N(C)C)[C@H]2O)[C@@H](CC=O)C[C@H](C)C(=O)/C=C/[C@H]2O[C@H]2C[C@@H](C)OC(=O)C[C@H]1OC(C)=O. The maximum Gasteiger partial charge on any atom is 0.309 e. The van der Waals surface area contributed by atoms with Crippen molar-refractivity contribution in [3.63, 3.8) is 0 Å². The Bertz CT molecular complexity index is 1290. The molecule has 17 atom stereocenters. The van der Waals surface area contributed by atoms with Gasteiger partial charge in [-0.2, -0.15) is 0 Å². The molecule has 0 aromatic carbocycles. The number of aldehydes is 1. The summed E-state index contributed by atoms with van der Waals surface area (Å²) in [5, 5.41) is 33.1. The minimum Gasteiger partial charge on any atom is -0.462 e. The minimum atomic E-state index is -1.49. The summed E-state index contributed by atoms with van der Waals surface area (Å²) in [7, 11) is 4.82. The van der Waals surface area contributed by atoms with Gasteiger partial charge in [-0.1, -0.05) is 6.92 Å². The number of carbonyl (C=O) groups excluding carboxylic acids is 4. The Balaban J connectivity index is 1.68. The van der Waals surface area contributed by atoms with Crippen LogP contribution in [0, 0.1) is 11.8 Å². The number of likely N-dealkylation sites (N-methyl/N-ethyl adjacent to an activating group) is 1. The zero-order valence-electron chi connectivity index (χ0n) is 32.2. The number of cyclic esters (lactones) is 1. The Morgan fingerprint density at radius 2 is 1.72 bits per heavy atom. The standard InChI is InChI=1S/C37H59NO15/c1-18-14-23(12-13-39)33(34(46-9)27(50-22(5)40)16-28(42)47-19(2)15-26-25(51-26)11-10-24(18)41)53-36-31(43)30(38(7)8)32(20(3)49-36)52-29-17-37(6,45)35(44)21(4)48-29/h10-11,13,18-21,23,25-27,29-36,43-45H,12,14-17H2,1-9H3/b11-10+/t18-,19+,20+,21-,23-,25+,26-,27+,29+,30-,31+,32+,33-,34+,35-,36-,37-/m0/s1. The van der Waals surface area contributed by atoms with Crippen molar-refractivity contribution in [2.24, 2.45) is 11.8 Å². The molecule has 4 aliphatic rings. The van der Waals surface area contributed by atoms with E-state index in [4.69, 9.17) is 37.9 Å². The third kappa shape index (κ3) is 11.1. The predicted molar refractivity (Wildman–Crippen MR) is 185 cm³/mol. The number of ether oxygens (including phenoxy) is 8. The molecule has 3 fully saturated rings. The number of methoxy groups -OCH3 is 1. The Morgan fingerprint density at radius 3 is 2.32 bits per heavy atom. The minimum absolute atomic E-state index is 0.0397. The predicted octanol–water partition coefficient (Wildman–Crippen LogP) is 0.836. The number of fused-ring (bicyclic) bond motifs is 1. The van der Waals surface area contributed by atoms with Crippen LogP contribution in [0.15, 0.2) is 12.2 Å². The fraction of sp³-hybridized carbons (Fsp3) is 0.838. The van der Waals surface area contributed by atoms with E-state index in [0.29, 0.717) is 12.7 Å². The van der Waals surface area contributed by atoms with E-state index in [1.54, 1.807) is 52.8 Å². The number of hydrogen-bond acceptors (Lipinski definition) is 16. The van der Waals surface area contributed by atoms with Gasteiger partial charge in [0.05, 0.1) is 42.5 Å². The van der Waals surface area contributed by atoms with Crippen LogP contribution in [0.3, 0.4) is 0 Å². The second-order valence-electron chi connectivity index (χ2n) is 15.4. The molecule has 0 saturated carbocycles. The summed E-state index contributed by atoms with van der Waals surface area (Å²) in [5.41, 5.74) is -1.49. The number of epoxide rings is 1. The summed E-state index contributed by atoms with van der Waals surface area (Å²) < 4.78 is 47.9. The lowest BCUT2D eigenvalue weighted by Gasteiger charge is -2.50. The number of aliphatic hydroxyl groups excluding tert-OH is 2. The molecule has 0 aliphatic carbocycles. The van der Waals surface area contributed by atoms with Crippen LogP contribution in [0.1, 0.15) is 73.6 Å². The molecule has 53 heavy (non-hydrogen) atoms. The molecule has 0 spiro atoms. The van der Waals surface area contributed by atoms with Crippen molar-refractivity contribution in [3.05, 3.63) is 12.2 Å². The molecular weight excluding hydrogens is 698 g/mol. The highest BCUT2D eigenvalue weighted by atomic mass is 16.7. The normalized spacial score (nSPS) is 45.2. The zero-order chi connectivity index (χ0) is 39.4. The fourth-order valence-corrected chi connectivity index (χ4v) is 7.77. The first kappa shape index (κ1) is 43.3. The van der Waals surface area contributed by atoms with E-state index in [9.17, 15) is 34.5 Å². The van der Waals surface area contributed by atoms with Crippen molar-refractivity contribution in [3.8, 4) is 0 Å². The van der Waals surface area contributed by atoms with Gasteiger partial charge < -0.3 is 62.9 Å². The maximum absolute atomic E-state index is 13.3. The molecule has 302 valence electrons. The lowest BCUT2D eigenvalue weighted by Crippen LogP contribution is -2.65. The third-order valence-electron chi connectivity index (χ3n) is 10.6. The summed E-state index contributed by atoms with van der Waals surface area (Å²) in [6, 6.07) is -0.768. The number of carbonyl (C=O) groups is 4. The Hall–Kier alpha value is -2.38. The van der Waals surface area contributed by atoms with Crippen LogP contribution in [-0.4, -0.2) is 157 Å². The second kappa shape index (κ2) is 18.5. The first-order valence-electron chi connectivity index (χ1n) is 18.4. The fourth-order valence-electron chi connectivity index (χ4n) is 7.77. The number of rotatable bonds is 9. The lowest BCUT2D eigenvalue weighted by atomic mass is 9.83. The zero-order valence-corrected chi connectivity index (χ0v) is 32.2. The number of allylic oxidation sites excluding steroid dienone is 1. The van der Waals surface area contributed by atoms with Gasteiger partial charge in [0.25, 0.3) is 0 Å². The summed E-state index contributed by atoms with van der Waals surface area (Å²) >= 11 is 0. The molecule has 0 bridgehead atoms. The highest BCUT2D eigenvalue weighted by Crippen LogP contribution is 2.37. The first-order valence-corrected chi connectivity index (χ1v) is 18.4. The monoisotopic (exact) mass is 757 g/mol. The summed E-state index contributed by atoms with van der Waals surface area (Å²) in [6.07, 6.45) is -8.05. The molecule has 3 saturated heterocycles. The number of hydrogen-bond donors (Lipinski definition) is 3.